The van der Waals surface area contributed by atoms with Crippen LogP contribution in [0.4, 0.5) is 0 Å². The van der Waals surface area contributed by atoms with Crippen LogP contribution in [0.3, 0.4) is 0 Å². The second kappa shape index (κ2) is 8.50. The van der Waals surface area contributed by atoms with Crippen molar-refractivity contribution >= 4 is 34.7 Å². The molecule has 31 heavy (non-hydrogen) atoms. The number of hydrogen-bond donors (Lipinski definition) is 2. The van der Waals surface area contributed by atoms with E-state index in [4.69, 9.17) is 10.2 Å². The molecule has 0 aliphatic rings. The number of aromatic nitrogens is 2. The molecule has 0 atom stereocenters. The summed E-state index contributed by atoms with van der Waals surface area (Å²) >= 11 is 1.07. The fraction of sp³-hybridized carbons (Fsp3) is 0. The molecule has 0 radical (unpaired) electrons. The van der Waals surface area contributed by atoms with Gasteiger partial charge in [-0.3, -0.25) is 0 Å². The molecule has 1 heterocycles. The van der Waals surface area contributed by atoms with Crippen LogP contribution in [0.5, 0.6) is 0 Å². The fourth-order valence-electron chi connectivity index (χ4n) is 2.74. The Kier molecular flexibility index (Phi) is 5.44. The predicted molar refractivity (Wildman–Crippen MR) is 116 cm³/mol. The van der Waals surface area contributed by atoms with Crippen molar-refractivity contribution in [2.75, 3.05) is 0 Å². The van der Waals surface area contributed by atoms with Crippen LogP contribution in [0.1, 0.15) is 43.0 Å². The average molecular weight is 424 g/mol. The third-order valence-electron chi connectivity index (χ3n) is 4.36. The Hall–Kier alpha value is -4.46. The number of fused-ring (bicyclic) bond motifs is 1. The molecule has 0 aliphatic carbocycles. The average Bonchev–Trinajstić information content (AvgIpc) is 3.27. The molecule has 0 spiro atoms. The number of nitrogens with zero attached hydrogens (tertiary/aromatic N) is 2. The van der Waals surface area contributed by atoms with Gasteiger partial charge >= 0.3 is 11.9 Å². The van der Waals surface area contributed by atoms with Gasteiger partial charge in [-0.05, 0) is 60.7 Å². The van der Waals surface area contributed by atoms with Crippen LogP contribution in [0.15, 0.2) is 60.7 Å². The summed E-state index contributed by atoms with van der Waals surface area (Å²) in [6.07, 6.45) is 0. The van der Waals surface area contributed by atoms with E-state index in [-0.39, 0.29) is 11.1 Å². The summed E-state index contributed by atoms with van der Waals surface area (Å²) < 4.78 is 8.66. The number of aromatic carboxylic acids is 2. The zero-order valence-electron chi connectivity index (χ0n) is 15.8. The van der Waals surface area contributed by atoms with Crippen LogP contribution in [0.2, 0.25) is 0 Å². The van der Waals surface area contributed by atoms with Crippen LogP contribution in [-0.4, -0.2) is 30.9 Å². The van der Waals surface area contributed by atoms with E-state index in [9.17, 15) is 9.59 Å². The molecule has 0 saturated carbocycles. The van der Waals surface area contributed by atoms with Crippen molar-refractivity contribution in [3.8, 4) is 23.7 Å². The lowest BCUT2D eigenvalue weighted by atomic mass is 10.1. The van der Waals surface area contributed by atoms with Crippen molar-refractivity contribution in [1.82, 2.24) is 8.75 Å². The van der Waals surface area contributed by atoms with Gasteiger partial charge in [0, 0.05) is 11.1 Å². The maximum Gasteiger partial charge on any atom is 0.335 e. The van der Waals surface area contributed by atoms with Gasteiger partial charge in [0.25, 0.3) is 0 Å². The molecular formula is C24H12N2O4S. The Bertz CT molecular complexity index is 1320. The second-order valence-corrected chi connectivity index (χ2v) is 6.92. The third-order valence-corrected chi connectivity index (χ3v) is 4.89. The number of carboxylic acid groups (broad SMARTS) is 2. The highest BCUT2D eigenvalue weighted by molar-refractivity contribution is 7.00. The van der Waals surface area contributed by atoms with E-state index in [0.29, 0.717) is 33.3 Å². The van der Waals surface area contributed by atoms with E-state index in [1.54, 1.807) is 24.3 Å². The first-order valence-electron chi connectivity index (χ1n) is 8.97. The summed E-state index contributed by atoms with van der Waals surface area (Å²) in [7, 11) is 0. The van der Waals surface area contributed by atoms with Crippen molar-refractivity contribution in [1.29, 1.82) is 0 Å². The van der Waals surface area contributed by atoms with Crippen LogP contribution >= 0.6 is 11.7 Å². The first-order valence-corrected chi connectivity index (χ1v) is 9.70. The summed E-state index contributed by atoms with van der Waals surface area (Å²) in [6.45, 7) is 0. The van der Waals surface area contributed by atoms with Gasteiger partial charge in [-0.1, -0.05) is 23.7 Å². The Labute approximate surface area is 181 Å². The second-order valence-electron chi connectivity index (χ2n) is 6.39. The Morgan fingerprint density at radius 1 is 0.613 bits per heavy atom. The van der Waals surface area contributed by atoms with E-state index >= 15 is 0 Å². The molecule has 7 heteroatoms. The molecule has 6 nitrogen and oxygen atoms in total. The van der Waals surface area contributed by atoms with E-state index in [1.807, 2.05) is 12.1 Å². The van der Waals surface area contributed by atoms with E-state index in [0.717, 1.165) is 11.7 Å². The molecule has 0 amide bonds. The minimum atomic E-state index is -0.982. The fourth-order valence-corrected chi connectivity index (χ4v) is 3.31. The van der Waals surface area contributed by atoms with Gasteiger partial charge in [0.05, 0.1) is 34.0 Å². The van der Waals surface area contributed by atoms with E-state index in [1.165, 1.54) is 24.3 Å². The number of carboxylic acids is 2. The minimum absolute atomic E-state index is 0.206. The monoisotopic (exact) mass is 424 g/mol. The maximum absolute atomic E-state index is 10.9. The summed E-state index contributed by atoms with van der Waals surface area (Å²) in [4.78, 5) is 21.9. The van der Waals surface area contributed by atoms with Crippen molar-refractivity contribution in [3.05, 3.63) is 94.0 Å². The molecule has 0 bridgehead atoms. The van der Waals surface area contributed by atoms with Crippen molar-refractivity contribution < 1.29 is 19.8 Å². The molecule has 1 aromatic heterocycles. The standard InChI is InChI=1S/C24H12N2O4S/c27-23(28)19-9-3-15(4-10-19)1-7-17-13-14-18(22-21(17)25-31-26-22)8-2-16-5-11-20(12-6-16)24(29)30/h3-6,9-14H,(H,27,28)(H,29,30). The highest BCUT2D eigenvalue weighted by Gasteiger charge is 2.08. The maximum atomic E-state index is 10.9. The SMILES string of the molecule is O=C(O)c1ccc(C#Cc2ccc(C#Cc3ccc(C(=O)O)cc3)c3nsnc23)cc1. The van der Waals surface area contributed by atoms with Crippen LogP contribution in [-0.2, 0) is 0 Å². The molecule has 0 unspecified atom stereocenters. The van der Waals surface area contributed by atoms with Gasteiger partial charge in [0.2, 0.25) is 0 Å². The molecule has 148 valence electrons. The lowest BCUT2D eigenvalue weighted by Crippen LogP contribution is -1.95. The van der Waals surface area contributed by atoms with Crippen LogP contribution in [0.25, 0.3) is 11.0 Å². The van der Waals surface area contributed by atoms with E-state index in [2.05, 4.69) is 32.4 Å². The lowest BCUT2D eigenvalue weighted by molar-refractivity contribution is 0.0686. The molecule has 3 aromatic carbocycles. The van der Waals surface area contributed by atoms with Gasteiger partial charge in [0.1, 0.15) is 11.0 Å². The largest absolute Gasteiger partial charge is 0.478 e. The normalized spacial score (nSPS) is 9.94. The molecular weight excluding hydrogens is 412 g/mol. The smallest absolute Gasteiger partial charge is 0.335 e. The summed E-state index contributed by atoms with van der Waals surface area (Å²) in [5.74, 6) is 10.2. The van der Waals surface area contributed by atoms with Crippen molar-refractivity contribution in [2.24, 2.45) is 0 Å². The van der Waals surface area contributed by atoms with E-state index < -0.39 is 11.9 Å². The number of carbonyl (C=O) groups is 2. The highest BCUT2D eigenvalue weighted by atomic mass is 32.1. The Morgan fingerprint density at radius 3 is 1.35 bits per heavy atom. The molecule has 2 N–H and O–H groups in total. The van der Waals surface area contributed by atoms with Gasteiger partial charge < -0.3 is 10.2 Å². The molecule has 4 aromatic rings. The zero-order valence-corrected chi connectivity index (χ0v) is 16.6. The molecule has 4 rings (SSSR count). The predicted octanol–water partition coefficient (Wildman–Crippen LogP) is 3.89. The van der Waals surface area contributed by atoms with Crippen LogP contribution in [0, 0.1) is 23.7 Å². The van der Waals surface area contributed by atoms with Crippen molar-refractivity contribution in [3.63, 3.8) is 0 Å². The van der Waals surface area contributed by atoms with Crippen LogP contribution < -0.4 is 0 Å². The summed E-state index contributed by atoms with van der Waals surface area (Å²) in [5.41, 5.74) is 4.48. The Morgan fingerprint density at radius 2 is 1.00 bits per heavy atom. The third kappa shape index (κ3) is 4.43. The van der Waals surface area contributed by atoms with Gasteiger partial charge in [-0.2, -0.15) is 8.75 Å². The number of benzene rings is 3. The molecule has 0 fully saturated rings. The minimum Gasteiger partial charge on any atom is -0.478 e. The first-order chi connectivity index (χ1) is 15.0. The highest BCUT2D eigenvalue weighted by Crippen LogP contribution is 2.20. The van der Waals surface area contributed by atoms with Gasteiger partial charge in [0.15, 0.2) is 0 Å². The van der Waals surface area contributed by atoms with Gasteiger partial charge in [-0.25, -0.2) is 9.59 Å². The van der Waals surface area contributed by atoms with Gasteiger partial charge in [-0.15, -0.1) is 0 Å². The Balaban J connectivity index is 1.63. The topological polar surface area (TPSA) is 100 Å². The number of hydrogen-bond acceptors (Lipinski definition) is 5. The van der Waals surface area contributed by atoms with Crippen molar-refractivity contribution in [2.45, 2.75) is 0 Å². The molecule has 0 aliphatic heterocycles. The lowest BCUT2D eigenvalue weighted by Gasteiger charge is -1.97. The number of rotatable bonds is 2. The first kappa shape index (κ1) is 19.8. The summed E-state index contributed by atoms with van der Waals surface area (Å²) in [5, 5.41) is 17.9. The quantitative estimate of drug-likeness (QED) is 0.474. The summed E-state index contributed by atoms with van der Waals surface area (Å²) in [6, 6.07) is 16.3. The molecule has 0 saturated heterocycles. The zero-order chi connectivity index (χ0) is 21.8.